The van der Waals surface area contributed by atoms with Crippen molar-refractivity contribution in [3.05, 3.63) is 57.6 Å². The second-order valence-corrected chi connectivity index (χ2v) is 6.09. The Balaban J connectivity index is 1.83. The number of amides is 1. The second-order valence-electron chi connectivity index (χ2n) is 5.29. The SMILES string of the molecule is Cc1cccc(C(=O)Nc2ccc3c(c2)NCCC3)c1Br. The molecule has 21 heavy (non-hydrogen) atoms. The summed E-state index contributed by atoms with van der Waals surface area (Å²) in [6.45, 7) is 2.97. The maximum atomic E-state index is 12.4. The lowest BCUT2D eigenvalue weighted by molar-refractivity contribution is 0.102. The molecule has 0 bridgehead atoms. The summed E-state index contributed by atoms with van der Waals surface area (Å²) in [5, 5.41) is 6.34. The van der Waals surface area contributed by atoms with Gasteiger partial charge < -0.3 is 10.6 Å². The van der Waals surface area contributed by atoms with E-state index in [1.807, 2.05) is 37.3 Å². The topological polar surface area (TPSA) is 41.1 Å². The lowest BCUT2D eigenvalue weighted by Gasteiger charge is -2.19. The van der Waals surface area contributed by atoms with Gasteiger partial charge in [0.2, 0.25) is 0 Å². The first-order chi connectivity index (χ1) is 10.1. The molecule has 0 aromatic heterocycles. The van der Waals surface area contributed by atoms with Gasteiger partial charge in [-0.2, -0.15) is 0 Å². The van der Waals surface area contributed by atoms with Crippen molar-refractivity contribution >= 4 is 33.2 Å². The molecular formula is C17H17BrN2O. The summed E-state index contributed by atoms with van der Waals surface area (Å²) >= 11 is 3.48. The lowest BCUT2D eigenvalue weighted by atomic mass is 10.0. The highest BCUT2D eigenvalue weighted by Gasteiger charge is 2.13. The zero-order valence-corrected chi connectivity index (χ0v) is 13.5. The van der Waals surface area contributed by atoms with Crippen LogP contribution in [0.2, 0.25) is 0 Å². The molecule has 0 aliphatic carbocycles. The van der Waals surface area contributed by atoms with Crippen molar-refractivity contribution in [2.24, 2.45) is 0 Å². The third kappa shape index (κ3) is 2.95. The molecule has 2 aromatic rings. The van der Waals surface area contributed by atoms with E-state index in [0.29, 0.717) is 5.56 Å². The van der Waals surface area contributed by atoms with Crippen LogP contribution in [0.5, 0.6) is 0 Å². The zero-order chi connectivity index (χ0) is 14.8. The van der Waals surface area contributed by atoms with Crippen molar-refractivity contribution in [2.45, 2.75) is 19.8 Å². The molecule has 1 amide bonds. The van der Waals surface area contributed by atoms with Crippen LogP contribution in [0.25, 0.3) is 0 Å². The normalized spacial score (nSPS) is 13.2. The van der Waals surface area contributed by atoms with E-state index in [1.165, 1.54) is 5.56 Å². The Labute approximate surface area is 132 Å². The van der Waals surface area contributed by atoms with E-state index < -0.39 is 0 Å². The Kier molecular flexibility index (Phi) is 3.97. The van der Waals surface area contributed by atoms with E-state index in [-0.39, 0.29) is 5.91 Å². The minimum Gasteiger partial charge on any atom is -0.385 e. The third-order valence-corrected chi connectivity index (χ3v) is 4.80. The molecule has 0 atom stereocenters. The smallest absolute Gasteiger partial charge is 0.256 e. The molecule has 1 heterocycles. The van der Waals surface area contributed by atoms with E-state index in [1.54, 1.807) is 0 Å². The van der Waals surface area contributed by atoms with Crippen LogP contribution < -0.4 is 10.6 Å². The van der Waals surface area contributed by atoms with Crippen LogP contribution in [-0.4, -0.2) is 12.5 Å². The van der Waals surface area contributed by atoms with Crippen molar-refractivity contribution in [3.63, 3.8) is 0 Å². The monoisotopic (exact) mass is 344 g/mol. The second kappa shape index (κ2) is 5.90. The van der Waals surface area contributed by atoms with Crippen LogP contribution in [0, 0.1) is 6.92 Å². The quantitative estimate of drug-likeness (QED) is 0.849. The fourth-order valence-electron chi connectivity index (χ4n) is 2.56. The van der Waals surface area contributed by atoms with E-state index in [9.17, 15) is 4.79 Å². The highest BCUT2D eigenvalue weighted by molar-refractivity contribution is 9.10. The molecule has 1 aliphatic heterocycles. The van der Waals surface area contributed by atoms with Crippen molar-refractivity contribution in [1.29, 1.82) is 0 Å². The van der Waals surface area contributed by atoms with E-state index >= 15 is 0 Å². The Morgan fingerprint density at radius 3 is 3.00 bits per heavy atom. The lowest BCUT2D eigenvalue weighted by Crippen LogP contribution is -2.15. The zero-order valence-electron chi connectivity index (χ0n) is 11.9. The predicted molar refractivity (Wildman–Crippen MR) is 90.1 cm³/mol. The fraction of sp³-hybridized carbons (Fsp3) is 0.235. The van der Waals surface area contributed by atoms with Crippen LogP contribution in [0.3, 0.4) is 0 Å². The van der Waals surface area contributed by atoms with Crippen LogP contribution in [0.4, 0.5) is 11.4 Å². The molecular weight excluding hydrogens is 328 g/mol. The van der Waals surface area contributed by atoms with Gasteiger partial charge in [-0.05, 0) is 65.0 Å². The molecule has 4 heteroatoms. The average molecular weight is 345 g/mol. The molecule has 0 saturated heterocycles. The van der Waals surface area contributed by atoms with Gasteiger partial charge in [-0.15, -0.1) is 0 Å². The maximum absolute atomic E-state index is 12.4. The Hall–Kier alpha value is -1.81. The standard InChI is InChI=1S/C17H17BrN2O/c1-11-4-2-6-14(16(11)18)17(21)20-13-8-7-12-5-3-9-19-15(12)10-13/h2,4,6-8,10,19H,3,5,9H2,1H3,(H,20,21). The third-order valence-electron chi connectivity index (χ3n) is 3.74. The van der Waals surface area contributed by atoms with E-state index in [4.69, 9.17) is 0 Å². The first kappa shape index (κ1) is 14.1. The van der Waals surface area contributed by atoms with Gasteiger partial charge in [0.25, 0.3) is 5.91 Å². The molecule has 0 radical (unpaired) electrons. The summed E-state index contributed by atoms with van der Waals surface area (Å²) in [4.78, 5) is 12.4. The summed E-state index contributed by atoms with van der Waals surface area (Å²) < 4.78 is 0.846. The number of benzene rings is 2. The molecule has 3 rings (SSSR count). The number of hydrogen-bond acceptors (Lipinski definition) is 2. The molecule has 2 aromatic carbocycles. The number of fused-ring (bicyclic) bond motifs is 1. The summed E-state index contributed by atoms with van der Waals surface area (Å²) in [7, 11) is 0. The Morgan fingerprint density at radius 2 is 2.14 bits per heavy atom. The first-order valence-electron chi connectivity index (χ1n) is 7.08. The van der Waals surface area contributed by atoms with Crippen LogP contribution in [0.1, 0.15) is 27.9 Å². The molecule has 0 saturated carbocycles. The van der Waals surface area contributed by atoms with Crippen molar-refractivity contribution in [2.75, 3.05) is 17.2 Å². The van der Waals surface area contributed by atoms with Crippen LogP contribution in [0.15, 0.2) is 40.9 Å². The van der Waals surface area contributed by atoms with Gasteiger partial charge in [-0.3, -0.25) is 4.79 Å². The van der Waals surface area contributed by atoms with Gasteiger partial charge in [0.05, 0.1) is 5.56 Å². The maximum Gasteiger partial charge on any atom is 0.256 e. The molecule has 108 valence electrons. The van der Waals surface area contributed by atoms with Crippen LogP contribution in [-0.2, 0) is 6.42 Å². The summed E-state index contributed by atoms with van der Waals surface area (Å²) in [6.07, 6.45) is 2.26. The minimum absolute atomic E-state index is 0.0960. The number of carbonyl (C=O) groups excluding carboxylic acids is 1. The number of anilines is 2. The van der Waals surface area contributed by atoms with Gasteiger partial charge in [-0.1, -0.05) is 18.2 Å². The van der Waals surface area contributed by atoms with Gasteiger partial charge >= 0.3 is 0 Å². The van der Waals surface area contributed by atoms with E-state index in [2.05, 4.69) is 32.6 Å². The number of rotatable bonds is 2. The van der Waals surface area contributed by atoms with Gasteiger partial charge in [0, 0.05) is 22.4 Å². The van der Waals surface area contributed by atoms with E-state index in [0.717, 1.165) is 40.8 Å². The highest BCUT2D eigenvalue weighted by Crippen LogP contribution is 2.27. The van der Waals surface area contributed by atoms with Gasteiger partial charge in [0.1, 0.15) is 0 Å². The Bertz CT molecular complexity index is 697. The molecule has 0 spiro atoms. The summed E-state index contributed by atoms with van der Waals surface area (Å²) in [5.41, 5.74) is 4.97. The molecule has 0 fully saturated rings. The highest BCUT2D eigenvalue weighted by atomic mass is 79.9. The first-order valence-corrected chi connectivity index (χ1v) is 7.88. The van der Waals surface area contributed by atoms with Gasteiger partial charge in [0.15, 0.2) is 0 Å². The molecule has 3 nitrogen and oxygen atoms in total. The number of aryl methyl sites for hydroxylation is 2. The molecule has 0 unspecified atom stereocenters. The summed E-state index contributed by atoms with van der Waals surface area (Å²) in [5.74, 6) is -0.0960. The summed E-state index contributed by atoms with van der Waals surface area (Å²) in [6, 6.07) is 11.8. The van der Waals surface area contributed by atoms with Crippen LogP contribution >= 0.6 is 15.9 Å². The Morgan fingerprint density at radius 1 is 1.29 bits per heavy atom. The molecule has 1 aliphatic rings. The number of carbonyl (C=O) groups is 1. The van der Waals surface area contributed by atoms with Crippen molar-refractivity contribution < 1.29 is 4.79 Å². The number of halogens is 1. The molecule has 2 N–H and O–H groups in total. The van der Waals surface area contributed by atoms with Gasteiger partial charge in [-0.25, -0.2) is 0 Å². The van der Waals surface area contributed by atoms with Crippen molar-refractivity contribution in [1.82, 2.24) is 0 Å². The average Bonchev–Trinajstić information content (AvgIpc) is 2.50. The number of nitrogens with one attached hydrogen (secondary N) is 2. The fourth-order valence-corrected chi connectivity index (χ4v) is 3.00. The van der Waals surface area contributed by atoms with Crippen molar-refractivity contribution in [3.8, 4) is 0 Å². The largest absolute Gasteiger partial charge is 0.385 e. The minimum atomic E-state index is -0.0960. The predicted octanol–water partition coefficient (Wildman–Crippen LogP) is 4.37. The number of hydrogen-bond donors (Lipinski definition) is 2.